The summed E-state index contributed by atoms with van der Waals surface area (Å²) in [6.45, 7) is 7.33. The molecule has 25 heavy (non-hydrogen) atoms. The molecule has 1 aromatic rings. The van der Waals surface area contributed by atoms with Crippen LogP contribution in [0, 0.1) is 0 Å². The molecule has 0 bridgehead atoms. The number of esters is 1. The van der Waals surface area contributed by atoms with Crippen molar-refractivity contribution in [2.24, 2.45) is 0 Å². The Morgan fingerprint density at radius 2 is 1.96 bits per heavy atom. The molecule has 0 saturated carbocycles. The van der Waals surface area contributed by atoms with Crippen molar-refractivity contribution in [2.75, 3.05) is 26.3 Å². The van der Waals surface area contributed by atoms with Gasteiger partial charge in [0.1, 0.15) is 5.75 Å². The van der Waals surface area contributed by atoms with E-state index < -0.39 is 0 Å². The average molecular weight is 347 g/mol. The highest BCUT2D eigenvalue weighted by atomic mass is 16.5. The number of benzene rings is 1. The zero-order valence-corrected chi connectivity index (χ0v) is 15.3. The van der Waals surface area contributed by atoms with Gasteiger partial charge < -0.3 is 14.4 Å². The van der Waals surface area contributed by atoms with Crippen molar-refractivity contribution in [1.82, 2.24) is 4.90 Å². The minimum absolute atomic E-state index is 0.0531. The van der Waals surface area contributed by atoms with Gasteiger partial charge in [0, 0.05) is 24.6 Å². The van der Waals surface area contributed by atoms with Crippen molar-refractivity contribution in [1.29, 1.82) is 0 Å². The molecule has 1 aromatic carbocycles. The standard InChI is InChI=1S/C20H29NO4/c1-3-24-20(23)12-11-19(22)17-7-9-18(10-8-17)25-15-5-14-21-13-4-6-16(21)2/h7-10,16H,3-6,11-15H2,1-2H3. The number of likely N-dealkylation sites (tertiary alicyclic amines) is 1. The van der Waals surface area contributed by atoms with Crippen molar-refractivity contribution < 1.29 is 19.1 Å². The topological polar surface area (TPSA) is 55.8 Å². The second kappa shape index (κ2) is 10.2. The van der Waals surface area contributed by atoms with Crippen LogP contribution in [0.4, 0.5) is 0 Å². The van der Waals surface area contributed by atoms with Crippen molar-refractivity contribution in [2.45, 2.75) is 52.0 Å². The number of carbonyl (C=O) groups excluding carboxylic acids is 2. The summed E-state index contributed by atoms with van der Waals surface area (Å²) < 4.78 is 10.6. The maximum absolute atomic E-state index is 12.0. The lowest BCUT2D eigenvalue weighted by molar-refractivity contribution is -0.143. The van der Waals surface area contributed by atoms with Gasteiger partial charge in [0.25, 0.3) is 0 Å². The van der Waals surface area contributed by atoms with E-state index in [4.69, 9.17) is 9.47 Å². The first kappa shape index (κ1) is 19.4. The minimum atomic E-state index is -0.330. The highest BCUT2D eigenvalue weighted by Crippen LogP contribution is 2.17. The molecule has 0 N–H and O–H groups in total. The fraction of sp³-hybridized carbons (Fsp3) is 0.600. The van der Waals surface area contributed by atoms with Crippen LogP contribution in [0.2, 0.25) is 0 Å². The highest BCUT2D eigenvalue weighted by Gasteiger charge is 2.19. The van der Waals surface area contributed by atoms with Crippen molar-refractivity contribution in [3.63, 3.8) is 0 Å². The number of hydrogen-bond acceptors (Lipinski definition) is 5. The van der Waals surface area contributed by atoms with E-state index >= 15 is 0 Å². The maximum atomic E-state index is 12.0. The molecule has 1 unspecified atom stereocenters. The zero-order valence-electron chi connectivity index (χ0n) is 15.3. The second-order valence-electron chi connectivity index (χ2n) is 6.48. The fourth-order valence-electron chi connectivity index (χ4n) is 3.11. The van der Waals surface area contributed by atoms with Crippen molar-refractivity contribution in [3.05, 3.63) is 29.8 Å². The Labute approximate surface area is 150 Å². The van der Waals surface area contributed by atoms with Gasteiger partial charge in [-0.2, -0.15) is 0 Å². The van der Waals surface area contributed by atoms with Gasteiger partial charge in [-0.15, -0.1) is 0 Å². The number of ether oxygens (including phenoxy) is 2. The lowest BCUT2D eigenvalue weighted by Gasteiger charge is -2.20. The van der Waals surface area contributed by atoms with Crippen LogP contribution in [0.3, 0.4) is 0 Å². The van der Waals surface area contributed by atoms with Gasteiger partial charge in [-0.3, -0.25) is 9.59 Å². The van der Waals surface area contributed by atoms with Crippen molar-refractivity contribution in [3.8, 4) is 5.75 Å². The third kappa shape index (κ3) is 6.50. The number of carbonyl (C=O) groups is 2. The third-order valence-corrected chi connectivity index (χ3v) is 4.59. The largest absolute Gasteiger partial charge is 0.494 e. The Bertz CT molecular complexity index is 555. The van der Waals surface area contributed by atoms with Gasteiger partial charge in [-0.25, -0.2) is 0 Å². The Morgan fingerprint density at radius 3 is 2.60 bits per heavy atom. The normalized spacial score (nSPS) is 17.4. The van der Waals surface area contributed by atoms with E-state index in [0.717, 1.165) is 18.7 Å². The molecule has 1 fully saturated rings. The van der Waals surface area contributed by atoms with E-state index in [9.17, 15) is 9.59 Å². The number of rotatable bonds is 10. The van der Waals surface area contributed by atoms with Crippen molar-refractivity contribution >= 4 is 11.8 Å². The van der Waals surface area contributed by atoms with Crippen LogP contribution in [0.15, 0.2) is 24.3 Å². The summed E-state index contributed by atoms with van der Waals surface area (Å²) in [7, 11) is 0. The van der Waals surface area contributed by atoms with Crippen LogP contribution >= 0.6 is 0 Å². The van der Waals surface area contributed by atoms with Gasteiger partial charge >= 0.3 is 5.97 Å². The molecule has 0 spiro atoms. The van der Waals surface area contributed by atoms with Crippen LogP contribution in [0.25, 0.3) is 0 Å². The van der Waals surface area contributed by atoms with Crippen LogP contribution in [0.5, 0.6) is 5.75 Å². The van der Waals surface area contributed by atoms with E-state index in [1.165, 1.54) is 19.4 Å². The molecule has 1 atom stereocenters. The molecule has 1 heterocycles. The lowest BCUT2D eigenvalue weighted by Crippen LogP contribution is -2.28. The molecule has 5 heteroatoms. The summed E-state index contributed by atoms with van der Waals surface area (Å²) in [6, 6.07) is 7.84. The molecule has 0 aromatic heterocycles. The van der Waals surface area contributed by atoms with E-state index in [2.05, 4.69) is 11.8 Å². The third-order valence-electron chi connectivity index (χ3n) is 4.59. The van der Waals surface area contributed by atoms with E-state index in [-0.39, 0.29) is 24.6 Å². The van der Waals surface area contributed by atoms with Gasteiger partial charge in [0.2, 0.25) is 0 Å². The van der Waals surface area contributed by atoms with E-state index in [1.807, 2.05) is 12.1 Å². The first-order valence-corrected chi connectivity index (χ1v) is 9.26. The van der Waals surface area contributed by atoms with Crippen LogP contribution in [0.1, 0.15) is 56.3 Å². The Hall–Kier alpha value is -1.88. The molecule has 0 amide bonds. The molecule has 138 valence electrons. The molecule has 2 rings (SSSR count). The number of ketones is 1. The zero-order chi connectivity index (χ0) is 18.1. The summed E-state index contributed by atoms with van der Waals surface area (Å²) in [5.41, 5.74) is 0.600. The SMILES string of the molecule is CCOC(=O)CCC(=O)c1ccc(OCCCN2CCCC2C)cc1. The summed E-state index contributed by atoms with van der Waals surface area (Å²) in [5, 5.41) is 0. The van der Waals surface area contributed by atoms with Crippen LogP contribution in [-0.4, -0.2) is 49.0 Å². The molecule has 0 aliphatic carbocycles. The smallest absolute Gasteiger partial charge is 0.306 e. The van der Waals surface area contributed by atoms with Crippen LogP contribution < -0.4 is 4.74 Å². The predicted octanol–water partition coefficient (Wildman–Crippen LogP) is 3.47. The van der Waals surface area contributed by atoms with Crippen LogP contribution in [-0.2, 0) is 9.53 Å². The summed E-state index contributed by atoms with van der Waals surface area (Å²) in [5.74, 6) is 0.391. The molecule has 1 saturated heterocycles. The minimum Gasteiger partial charge on any atom is -0.494 e. The molecule has 1 aliphatic rings. The molecule has 0 radical (unpaired) electrons. The Morgan fingerprint density at radius 1 is 1.20 bits per heavy atom. The van der Waals surface area contributed by atoms with Gasteiger partial charge in [-0.1, -0.05) is 0 Å². The lowest BCUT2D eigenvalue weighted by atomic mass is 10.1. The monoisotopic (exact) mass is 347 g/mol. The van der Waals surface area contributed by atoms with Gasteiger partial charge in [0.15, 0.2) is 5.78 Å². The number of nitrogens with zero attached hydrogens (tertiary/aromatic N) is 1. The number of Topliss-reactive ketones (excluding diaryl/α,β-unsaturated/α-hetero) is 1. The second-order valence-corrected chi connectivity index (χ2v) is 6.48. The molecular formula is C20H29NO4. The molecular weight excluding hydrogens is 318 g/mol. The van der Waals surface area contributed by atoms with Gasteiger partial charge in [-0.05, 0) is 63.9 Å². The summed E-state index contributed by atoms with van der Waals surface area (Å²) in [6.07, 6.45) is 3.90. The Kier molecular flexibility index (Phi) is 7.92. The quantitative estimate of drug-likeness (QED) is 0.368. The number of hydrogen-bond donors (Lipinski definition) is 0. The highest BCUT2D eigenvalue weighted by molar-refractivity contribution is 5.97. The molecule has 5 nitrogen and oxygen atoms in total. The summed E-state index contributed by atoms with van der Waals surface area (Å²) in [4.78, 5) is 25.9. The first-order valence-electron chi connectivity index (χ1n) is 9.26. The molecule has 1 aliphatic heterocycles. The average Bonchev–Trinajstić information content (AvgIpc) is 3.02. The first-order chi connectivity index (χ1) is 12.1. The van der Waals surface area contributed by atoms with Gasteiger partial charge in [0.05, 0.1) is 19.6 Å². The fourth-order valence-corrected chi connectivity index (χ4v) is 3.11. The maximum Gasteiger partial charge on any atom is 0.306 e. The summed E-state index contributed by atoms with van der Waals surface area (Å²) >= 11 is 0. The van der Waals surface area contributed by atoms with E-state index in [1.54, 1.807) is 19.1 Å². The Balaban J connectivity index is 1.68. The van der Waals surface area contributed by atoms with E-state index in [0.29, 0.717) is 24.8 Å². The predicted molar refractivity (Wildman–Crippen MR) is 97.0 cm³/mol.